The summed E-state index contributed by atoms with van der Waals surface area (Å²) in [4.78, 5) is 10.6. The van der Waals surface area contributed by atoms with Gasteiger partial charge in [-0.2, -0.15) is 5.26 Å². The maximum absolute atomic E-state index is 13.6. The number of hydrogen-bond acceptors (Lipinski definition) is 5. The summed E-state index contributed by atoms with van der Waals surface area (Å²) in [6.45, 7) is 1.48. The summed E-state index contributed by atoms with van der Waals surface area (Å²) in [5.41, 5.74) is 2.48. The van der Waals surface area contributed by atoms with Gasteiger partial charge in [-0.3, -0.25) is 0 Å². The van der Waals surface area contributed by atoms with E-state index in [4.69, 9.17) is 24.6 Å². The van der Waals surface area contributed by atoms with Gasteiger partial charge < -0.3 is 19.3 Å². The SMILES string of the molecule is N#Cc1ccc(COCC2C3CC(c4ccc(F)cc4)(CO3)C2C/C=C/COCC(=O)O)cc1. The van der Waals surface area contributed by atoms with E-state index in [0.717, 1.165) is 24.0 Å². The molecule has 2 bridgehead atoms. The van der Waals surface area contributed by atoms with E-state index in [2.05, 4.69) is 6.07 Å². The van der Waals surface area contributed by atoms with Gasteiger partial charge in [-0.15, -0.1) is 0 Å². The minimum atomic E-state index is -0.992. The van der Waals surface area contributed by atoms with Crippen LogP contribution in [-0.2, 0) is 31.0 Å². The van der Waals surface area contributed by atoms with Crippen LogP contribution in [-0.4, -0.2) is 43.6 Å². The molecule has 2 aliphatic rings. The van der Waals surface area contributed by atoms with E-state index in [0.29, 0.717) is 25.4 Å². The van der Waals surface area contributed by atoms with Crippen LogP contribution in [0.4, 0.5) is 4.39 Å². The van der Waals surface area contributed by atoms with Gasteiger partial charge in [0.25, 0.3) is 0 Å². The third-order valence-corrected chi connectivity index (χ3v) is 6.90. The molecular weight excluding hydrogens is 437 g/mol. The number of nitriles is 1. The number of aliphatic carboxylic acids is 1. The van der Waals surface area contributed by atoms with E-state index in [-0.39, 0.29) is 42.4 Å². The quantitative estimate of drug-likeness (QED) is 0.395. The highest BCUT2D eigenvalue weighted by Gasteiger charge is 2.59. The van der Waals surface area contributed by atoms with Gasteiger partial charge in [0.1, 0.15) is 12.4 Å². The molecule has 1 saturated carbocycles. The van der Waals surface area contributed by atoms with Crippen LogP contribution in [0.5, 0.6) is 0 Å². The fourth-order valence-corrected chi connectivity index (χ4v) is 5.27. The summed E-state index contributed by atoms with van der Waals surface area (Å²) in [7, 11) is 0. The predicted octanol–water partition coefficient (Wildman–Crippen LogP) is 4.23. The Bertz CT molecular complexity index is 1050. The zero-order valence-electron chi connectivity index (χ0n) is 18.9. The number of hydrogen-bond donors (Lipinski definition) is 1. The first-order valence-electron chi connectivity index (χ1n) is 11.4. The molecule has 4 atom stereocenters. The second-order valence-electron chi connectivity index (χ2n) is 8.93. The highest BCUT2D eigenvalue weighted by atomic mass is 19.1. The fourth-order valence-electron chi connectivity index (χ4n) is 5.27. The molecule has 2 aromatic carbocycles. The van der Waals surface area contributed by atoms with E-state index in [1.807, 2.05) is 36.4 Å². The number of carbonyl (C=O) groups is 1. The molecule has 2 aromatic rings. The van der Waals surface area contributed by atoms with Gasteiger partial charge in [-0.1, -0.05) is 36.4 Å². The lowest BCUT2D eigenvalue weighted by molar-refractivity contribution is -0.141. The number of fused-ring (bicyclic) bond motifs is 2. The van der Waals surface area contributed by atoms with Crippen molar-refractivity contribution in [2.75, 3.05) is 26.4 Å². The first-order valence-corrected chi connectivity index (χ1v) is 11.4. The molecule has 0 amide bonds. The first-order chi connectivity index (χ1) is 16.5. The van der Waals surface area contributed by atoms with Gasteiger partial charge in [0.2, 0.25) is 0 Å². The standard InChI is InChI=1S/C27H28FNO5/c28-22-10-8-21(9-11-22)27-13-25(34-18-27)23(24(27)3-1-2-12-32-17-26(30)31)16-33-15-20-6-4-19(14-29)5-7-20/h1-2,4-11,23-25H,3,12-13,15-18H2,(H,30,31)/b2-1+. The molecule has 1 N–H and O–H groups in total. The van der Waals surface area contributed by atoms with Crippen molar-refractivity contribution in [3.63, 3.8) is 0 Å². The molecule has 2 fully saturated rings. The zero-order chi connectivity index (χ0) is 24.0. The highest BCUT2D eigenvalue weighted by Crippen LogP contribution is 2.56. The Morgan fingerprint density at radius 3 is 2.65 bits per heavy atom. The lowest BCUT2D eigenvalue weighted by Crippen LogP contribution is -2.41. The van der Waals surface area contributed by atoms with E-state index >= 15 is 0 Å². The van der Waals surface area contributed by atoms with Crippen molar-refractivity contribution < 1.29 is 28.5 Å². The Morgan fingerprint density at radius 1 is 1.18 bits per heavy atom. The van der Waals surface area contributed by atoms with Crippen LogP contribution in [0.25, 0.3) is 0 Å². The van der Waals surface area contributed by atoms with E-state index in [1.54, 1.807) is 12.1 Å². The van der Waals surface area contributed by atoms with Crippen molar-refractivity contribution in [2.45, 2.75) is 31.0 Å². The number of allylic oxidation sites excluding steroid dienone is 1. The van der Waals surface area contributed by atoms with Gasteiger partial charge >= 0.3 is 5.97 Å². The van der Waals surface area contributed by atoms with Gasteiger partial charge in [0, 0.05) is 11.3 Å². The maximum atomic E-state index is 13.6. The topological polar surface area (TPSA) is 88.8 Å². The van der Waals surface area contributed by atoms with E-state index in [1.165, 1.54) is 12.1 Å². The normalized spacial score (nSPS) is 25.6. The van der Waals surface area contributed by atoms with Crippen molar-refractivity contribution >= 4 is 5.97 Å². The summed E-state index contributed by atoms with van der Waals surface area (Å²) < 4.78 is 31.0. The molecule has 7 heteroatoms. The summed E-state index contributed by atoms with van der Waals surface area (Å²) in [6, 6.07) is 16.2. The average Bonchev–Trinajstić information content (AvgIpc) is 3.40. The molecule has 6 nitrogen and oxygen atoms in total. The summed E-state index contributed by atoms with van der Waals surface area (Å²) in [6.07, 6.45) is 5.57. The number of carboxylic acids is 1. The van der Waals surface area contributed by atoms with Gasteiger partial charge in [0.15, 0.2) is 0 Å². The molecule has 178 valence electrons. The number of benzene rings is 2. The molecule has 0 spiro atoms. The van der Waals surface area contributed by atoms with Crippen LogP contribution in [0.15, 0.2) is 60.7 Å². The van der Waals surface area contributed by atoms with Crippen molar-refractivity contribution in [2.24, 2.45) is 11.8 Å². The zero-order valence-corrected chi connectivity index (χ0v) is 18.9. The van der Waals surface area contributed by atoms with E-state index < -0.39 is 5.97 Å². The summed E-state index contributed by atoms with van der Waals surface area (Å²) in [5.74, 6) is -0.855. The minimum absolute atomic E-state index is 0.0627. The molecular formula is C27H28FNO5. The third-order valence-electron chi connectivity index (χ3n) is 6.90. The Balaban J connectivity index is 1.45. The maximum Gasteiger partial charge on any atom is 0.329 e. The van der Waals surface area contributed by atoms with E-state index in [9.17, 15) is 9.18 Å². The molecule has 4 rings (SSSR count). The van der Waals surface area contributed by atoms with Gasteiger partial charge in [-0.05, 0) is 54.2 Å². The number of rotatable bonds is 11. The number of ether oxygens (including phenoxy) is 3. The molecule has 1 aliphatic heterocycles. The van der Waals surface area contributed by atoms with Crippen LogP contribution < -0.4 is 0 Å². The lowest BCUT2D eigenvalue weighted by atomic mass is 9.69. The van der Waals surface area contributed by atoms with Crippen molar-refractivity contribution in [1.82, 2.24) is 0 Å². The monoisotopic (exact) mass is 465 g/mol. The Kier molecular flexibility index (Phi) is 7.73. The fraction of sp³-hybridized carbons (Fsp3) is 0.407. The second kappa shape index (κ2) is 10.9. The lowest BCUT2D eigenvalue weighted by Gasteiger charge is -2.39. The van der Waals surface area contributed by atoms with Crippen LogP contribution >= 0.6 is 0 Å². The molecule has 1 aliphatic carbocycles. The Morgan fingerprint density at radius 2 is 1.94 bits per heavy atom. The Labute approximate surface area is 198 Å². The molecule has 0 radical (unpaired) electrons. The van der Waals surface area contributed by atoms with Crippen molar-refractivity contribution in [3.8, 4) is 6.07 Å². The van der Waals surface area contributed by atoms with Crippen LogP contribution in [0.1, 0.15) is 29.5 Å². The molecule has 34 heavy (non-hydrogen) atoms. The first kappa shape index (κ1) is 24.1. The van der Waals surface area contributed by atoms with Crippen molar-refractivity contribution in [1.29, 1.82) is 5.26 Å². The molecule has 1 heterocycles. The number of nitrogens with zero attached hydrogens (tertiary/aromatic N) is 1. The van der Waals surface area contributed by atoms with Crippen LogP contribution in [0.2, 0.25) is 0 Å². The minimum Gasteiger partial charge on any atom is -0.480 e. The molecule has 1 saturated heterocycles. The smallest absolute Gasteiger partial charge is 0.329 e. The van der Waals surface area contributed by atoms with Gasteiger partial charge in [0.05, 0.1) is 44.2 Å². The summed E-state index contributed by atoms with van der Waals surface area (Å²) in [5, 5.41) is 17.7. The third kappa shape index (κ3) is 5.36. The highest BCUT2D eigenvalue weighted by molar-refractivity contribution is 5.68. The van der Waals surface area contributed by atoms with Crippen LogP contribution in [0.3, 0.4) is 0 Å². The average molecular weight is 466 g/mol. The molecule has 0 aromatic heterocycles. The largest absolute Gasteiger partial charge is 0.480 e. The van der Waals surface area contributed by atoms with Crippen molar-refractivity contribution in [3.05, 3.63) is 83.2 Å². The predicted molar refractivity (Wildman–Crippen MR) is 122 cm³/mol. The molecule has 4 unspecified atom stereocenters. The second-order valence-corrected chi connectivity index (χ2v) is 8.93. The number of carboxylic acid groups (broad SMARTS) is 1. The summed E-state index contributed by atoms with van der Waals surface area (Å²) >= 11 is 0. The van der Waals surface area contributed by atoms with Crippen LogP contribution in [0, 0.1) is 29.0 Å². The van der Waals surface area contributed by atoms with Gasteiger partial charge in [-0.25, -0.2) is 9.18 Å². The number of halogens is 1. The Hall–Kier alpha value is -3.05.